The van der Waals surface area contributed by atoms with Crippen molar-refractivity contribution in [3.8, 4) is 0 Å². The topological polar surface area (TPSA) is 105 Å². The molecule has 0 rings (SSSR count). The van der Waals surface area contributed by atoms with Crippen LogP contribution in [0.3, 0.4) is 0 Å². The van der Waals surface area contributed by atoms with E-state index in [-0.39, 0.29) is 19.1 Å². The minimum atomic E-state index is -4.35. The van der Waals surface area contributed by atoms with Gasteiger partial charge in [0, 0.05) is 6.42 Å². The zero-order chi connectivity index (χ0) is 42.8. The van der Waals surface area contributed by atoms with Gasteiger partial charge >= 0.3 is 7.82 Å². The number of nitrogens with zero attached hydrogens (tertiary/aromatic N) is 1. The maximum Gasteiger partial charge on any atom is 0.472 e. The number of hydrogen-bond acceptors (Lipinski definition) is 5. The van der Waals surface area contributed by atoms with E-state index in [0.717, 1.165) is 51.4 Å². The van der Waals surface area contributed by atoms with Crippen molar-refractivity contribution in [2.45, 2.75) is 219 Å². The lowest BCUT2D eigenvalue weighted by atomic mass is 10.0. The zero-order valence-electron chi connectivity index (χ0n) is 38.5. The summed E-state index contributed by atoms with van der Waals surface area (Å²) in [6, 6.07) is -0.867. The Kier molecular flexibility index (Phi) is 39.8. The summed E-state index contributed by atoms with van der Waals surface area (Å²) in [5, 5.41) is 13.8. The van der Waals surface area contributed by atoms with Crippen LogP contribution in [0.2, 0.25) is 0 Å². The molecule has 0 aromatic heterocycles. The predicted molar refractivity (Wildman–Crippen MR) is 249 cm³/mol. The van der Waals surface area contributed by atoms with Gasteiger partial charge in [0.2, 0.25) is 5.91 Å². The number of rotatable bonds is 43. The molecule has 0 spiro atoms. The molecule has 0 bridgehead atoms. The first-order chi connectivity index (χ1) is 28.0. The molecule has 340 valence electrons. The summed E-state index contributed by atoms with van der Waals surface area (Å²) in [6.07, 6.45) is 51.8. The molecule has 0 aromatic carbocycles. The molecule has 3 unspecified atom stereocenters. The predicted octanol–water partition coefficient (Wildman–Crippen LogP) is 13.6. The van der Waals surface area contributed by atoms with Gasteiger partial charge in [-0.05, 0) is 64.2 Å². The van der Waals surface area contributed by atoms with Crippen LogP contribution in [-0.4, -0.2) is 73.4 Å². The van der Waals surface area contributed by atoms with Crippen molar-refractivity contribution in [2.75, 3.05) is 40.9 Å². The second kappa shape index (κ2) is 40.8. The number of aliphatic hydroxyl groups is 1. The van der Waals surface area contributed by atoms with Gasteiger partial charge in [0.05, 0.1) is 39.9 Å². The number of quaternary nitrogens is 1. The van der Waals surface area contributed by atoms with Crippen LogP contribution in [0.25, 0.3) is 0 Å². The van der Waals surface area contributed by atoms with Crippen molar-refractivity contribution in [3.63, 3.8) is 0 Å². The Morgan fingerprint density at radius 3 is 1.50 bits per heavy atom. The molecule has 3 N–H and O–H groups in total. The number of aliphatic hydroxyl groups excluding tert-OH is 1. The maximum absolute atomic E-state index is 12.9. The van der Waals surface area contributed by atoms with Gasteiger partial charge in [0.1, 0.15) is 13.2 Å². The molecule has 0 radical (unpaired) electrons. The van der Waals surface area contributed by atoms with E-state index in [2.05, 4.69) is 55.6 Å². The van der Waals surface area contributed by atoms with E-state index in [4.69, 9.17) is 9.05 Å². The number of likely N-dealkylation sites (N-methyl/N-ethyl adjacent to an activating group) is 1. The molecule has 0 saturated carbocycles. The van der Waals surface area contributed by atoms with Crippen LogP contribution in [-0.2, 0) is 18.4 Å². The average Bonchev–Trinajstić information content (AvgIpc) is 3.17. The largest absolute Gasteiger partial charge is 0.472 e. The fourth-order valence-electron chi connectivity index (χ4n) is 6.67. The van der Waals surface area contributed by atoms with Crippen molar-refractivity contribution in [1.82, 2.24) is 5.32 Å². The fourth-order valence-corrected chi connectivity index (χ4v) is 7.41. The van der Waals surface area contributed by atoms with Gasteiger partial charge in [-0.25, -0.2) is 4.57 Å². The maximum atomic E-state index is 12.9. The fraction of sp³-hybridized carbons (Fsp3) is 0.816. The molecule has 0 aliphatic rings. The number of amides is 1. The van der Waals surface area contributed by atoms with Crippen molar-refractivity contribution in [1.29, 1.82) is 0 Å². The lowest BCUT2D eigenvalue weighted by molar-refractivity contribution is -0.870. The van der Waals surface area contributed by atoms with Gasteiger partial charge in [-0.1, -0.05) is 184 Å². The molecule has 1 amide bonds. The third kappa shape index (κ3) is 42.6. The Morgan fingerprint density at radius 1 is 0.586 bits per heavy atom. The standard InChI is InChI=1S/C49H93N2O6P/c1-6-8-10-12-14-16-18-20-22-24-26-28-30-32-34-36-38-40-42-48(52)47(46-57-58(54,55)56-45-44-51(3,4)5)50-49(53)43-41-39-37-35-33-31-29-27-25-23-21-19-17-15-13-11-9-7-2/h17,19,23,25,32,34,40,42,47-48,52H,6-16,18,20-22,24,26-31,33,35-39,41,43-46H2,1-5H3,(H-,50,53,54,55)/p+1/b19-17-,25-23-,34-32+,42-40+. The molecule has 0 saturated heterocycles. The van der Waals surface area contributed by atoms with E-state index < -0.39 is 20.0 Å². The smallest absolute Gasteiger partial charge is 0.387 e. The second-order valence-corrected chi connectivity index (χ2v) is 18.9. The lowest BCUT2D eigenvalue weighted by Crippen LogP contribution is -2.45. The van der Waals surface area contributed by atoms with E-state index >= 15 is 0 Å². The minimum absolute atomic E-state index is 0.0534. The normalized spacial score (nSPS) is 14.7. The Balaban J connectivity index is 4.44. The molecule has 0 aliphatic heterocycles. The molecule has 0 aromatic rings. The summed E-state index contributed by atoms with van der Waals surface area (Å²) in [5.74, 6) is -0.196. The van der Waals surface area contributed by atoms with E-state index in [1.165, 1.54) is 135 Å². The van der Waals surface area contributed by atoms with Crippen LogP contribution in [0, 0.1) is 0 Å². The van der Waals surface area contributed by atoms with Crippen molar-refractivity contribution < 1.29 is 32.9 Å². The van der Waals surface area contributed by atoms with Gasteiger partial charge in [0.25, 0.3) is 0 Å². The van der Waals surface area contributed by atoms with Crippen LogP contribution in [0.4, 0.5) is 0 Å². The number of phosphoric ester groups is 1. The molecule has 8 nitrogen and oxygen atoms in total. The molecule has 58 heavy (non-hydrogen) atoms. The number of phosphoric acid groups is 1. The third-order valence-electron chi connectivity index (χ3n) is 10.5. The Labute approximate surface area is 359 Å². The highest BCUT2D eigenvalue weighted by molar-refractivity contribution is 7.47. The number of allylic oxidation sites excluding steroid dienone is 7. The summed E-state index contributed by atoms with van der Waals surface area (Å²) < 4.78 is 23.6. The summed E-state index contributed by atoms with van der Waals surface area (Å²) in [5.41, 5.74) is 0. The molecular weight excluding hydrogens is 744 g/mol. The monoisotopic (exact) mass is 838 g/mol. The first-order valence-electron chi connectivity index (χ1n) is 24.0. The molecule has 0 heterocycles. The van der Waals surface area contributed by atoms with Crippen LogP contribution < -0.4 is 5.32 Å². The first-order valence-corrected chi connectivity index (χ1v) is 25.5. The van der Waals surface area contributed by atoms with Crippen LogP contribution >= 0.6 is 7.82 Å². The Bertz CT molecular complexity index is 1090. The SMILES string of the molecule is CCCCCC/C=C\C/C=C\CCCCCCCCCC(=O)NC(COP(=O)(O)OCC[N+](C)(C)C)C(O)/C=C/CC/C=C/CCCCCCCCCCCCCC. The molecular formula is C49H94N2O6P+. The first kappa shape index (κ1) is 56.5. The van der Waals surface area contributed by atoms with Crippen molar-refractivity contribution in [2.24, 2.45) is 0 Å². The van der Waals surface area contributed by atoms with E-state index in [1.54, 1.807) is 6.08 Å². The molecule has 3 atom stereocenters. The van der Waals surface area contributed by atoms with Crippen LogP contribution in [0.5, 0.6) is 0 Å². The van der Waals surface area contributed by atoms with Gasteiger partial charge in [-0.2, -0.15) is 0 Å². The summed E-state index contributed by atoms with van der Waals surface area (Å²) in [7, 11) is 1.55. The third-order valence-corrected chi connectivity index (χ3v) is 11.5. The minimum Gasteiger partial charge on any atom is -0.387 e. The second-order valence-electron chi connectivity index (χ2n) is 17.5. The number of nitrogens with one attached hydrogen (secondary N) is 1. The average molecular weight is 838 g/mol. The Morgan fingerprint density at radius 2 is 1.00 bits per heavy atom. The van der Waals surface area contributed by atoms with Crippen molar-refractivity contribution >= 4 is 13.7 Å². The molecule has 0 fully saturated rings. The molecule has 0 aliphatic carbocycles. The van der Waals surface area contributed by atoms with Gasteiger partial charge in [0.15, 0.2) is 0 Å². The van der Waals surface area contributed by atoms with E-state index in [9.17, 15) is 19.4 Å². The number of carbonyl (C=O) groups is 1. The highest BCUT2D eigenvalue weighted by Gasteiger charge is 2.27. The van der Waals surface area contributed by atoms with Crippen molar-refractivity contribution in [3.05, 3.63) is 48.6 Å². The zero-order valence-corrected chi connectivity index (χ0v) is 39.4. The van der Waals surface area contributed by atoms with E-state index in [0.29, 0.717) is 17.4 Å². The van der Waals surface area contributed by atoms with E-state index in [1.807, 2.05) is 27.2 Å². The van der Waals surface area contributed by atoms with Gasteiger partial charge in [-0.3, -0.25) is 13.8 Å². The number of hydrogen-bond donors (Lipinski definition) is 3. The highest BCUT2D eigenvalue weighted by Crippen LogP contribution is 2.43. The van der Waals surface area contributed by atoms with Crippen LogP contribution in [0.1, 0.15) is 206 Å². The quantitative estimate of drug-likeness (QED) is 0.0244. The van der Waals surface area contributed by atoms with Gasteiger partial charge < -0.3 is 19.8 Å². The molecule has 9 heteroatoms. The summed E-state index contributed by atoms with van der Waals surface area (Å²) in [6.45, 7) is 4.77. The Hall–Kier alpha value is -1.54. The lowest BCUT2D eigenvalue weighted by Gasteiger charge is -2.25. The van der Waals surface area contributed by atoms with Crippen LogP contribution in [0.15, 0.2) is 48.6 Å². The number of carbonyl (C=O) groups excluding carboxylic acids is 1. The van der Waals surface area contributed by atoms with Gasteiger partial charge in [-0.15, -0.1) is 0 Å². The summed E-state index contributed by atoms with van der Waals surface area (Å²) in [4.78, 5) is 23.2. The number of unbranched alkanes of at least 4 members (excludes halogenated alkanes) is 24. The summed E-state index contributed by atoms with van der Waals surface area (Å²) >= 11 is 0. The highest BCUT2D eigenvalue weighted by atomic mass is 31.2.